The molecule has 4 heteroatoms. The molecule has 0 saturated carbocycles. The van der Waals surface area contributed by atoms with Gasteiger partial charge in [0.1, 0.15) is 5.82 Å². The molecule has 126 valence electrons. The Kier molecular flexibility index (Phi) is 4.98. The van der Waals surface area contributed by atoms with Crippen LogP contribution in [0.3, 0.4) is 0 Å². The molecule has 3 aromatic rings. The van der Waals surface area contributed by atoms with E-state index < -0.39 is 0 Å². The summed E-state index contributed by atoms with van der Waals surface area (Å²) < 4.78 is 0. The molecule has 0 spiro atoms. The van der Waals surface area contributed by atoms with Gasteiger partial charge < -0.3 is 0 Å². The molecule has 0 bridgehead atoms. The smallest absolute Gasteiger partial charge is 0.177 e. The first kappa shape index (κ1) is 17.0. The molecule has 0 N–H and O–H groups in total. The lowest BCUT2D eigenvalue weighted by molar-refractivity contribution is 0.758. The summed E-state index contributed by atoms with van der Waals surface area (Å²) in [6.07, 6.45) is 0. The number of azo groups is 1. The highest BCUT2D eigenvalue weighted by atomic mass is 15.2. The minimum absolute atomic E-state index is 0.0159. The molecule has 1 unspecified atom stereocenters. The average molecular weight is 330 g/mol. The predicted molar refractivity (Wildman–Crippen MR) is 101 cm³/mol. The van der Waals surface area contributed by atoms with E-state index in [1.165, 1.54) is 11.1 Å². The first-order valence-electron chi connectivity index (χ1n) is 8.42. The first-order valence-corrected chi connectivity index (χ1v) is 8.42. The summed E-state index contributed by atoms with van der Waals surface area (Å²) in [5.41, 5.74) is 5.52. The largest absolute Gasteiger partial charge is 0.233 e. The van der Waals surface area contributed by atoms with Crippen molar-refractivity contribution in [3.63, 3.8) is 0 Å². The molecular weight excluding hydrogens is 308 g/mol. The van der Waals surface area contributed by atoms with E-state index >= 15 is 0 Å². The molecule has 1 heterocycles. The van der Waals surface area contributed by atoms with Crippen LogP contribution in [0.15, 0.2) is 64.8 Å². The summed E-state index contributed by atoms with van der Waals surface area (Å²) in [6.45, 7) is 8.06. The second-order valence-electron chi connectivity index (χ2n) is 6.28. The molecule has 25 heavy (non-hydrogen) atoms. The van der Waals surface area contributed by atoms with Gasteiger partial charge in [-0.25, -0.2) is 9.97 Å². The molecule has 0 aliphatic rings. The van der Waals surface area contributed by atoms with E-state index in [2.05, 4.69) is 70.4 Å². The lowest BCUT2D eigenvalue weighted by Crippen LogP contribution is -1.93. The molecule has 2 aromatic carbocycles. The zero-order valence-corrected chi connectivity index (χ0v) is 15.1. The standard InChI is InChI=1S/C21H22N4/c1-14-9-11-18(12-10-14)16(3)24-25-21-13-20(22-17(4)23-21)19-8-6-5-7-15(19)2/h5-13,16H,1-4H3. The van der Waals surface area contributed by atoms with Crippen LogP contribution in [0.1, 0.15) is 35.5 Å². The molecular formula is C21H22N4. The van der Waals surface area contributed by atoms with Crippen LogP contribution in [0.5, 0.6) is 0 Å². The minimum atomic E-state index is -0.0159. The third-order valence-electron chi connectivity index (χ3n) is 4.14. The maximum absolute atomic E-state index is 4.55. The number of rotatable bonds is 4. The lowest BCUT2D eigenvalue weighted by Gasteiger charge is -2.07. The monoisotopic (exact) mass is 330 g/mol. The molecule has 3 rings (SSSR count). The normalized spacial score (nSPS) is 12.5. The summed E-state index contributed by atoms with van der Waals surface area (Å²) in [6, 6.07) is 18.4. The van der Waals surface area contributed by atoms with E-state index in [1.807, 2.05) is 32.0 Å². The first-order chi connectivity index (χ1) is 12.0. The Morgan fingerprint density at radius 1 is 0.880 bits per heavy atom. The maximum atomic E-state index is 4.55. The Hall–Kier alpha value is -2.88. The summed E-state index contributed by atoms with van der Waals surface area (Å²) in [5, 5.41) is 8.78. The zero-order chi connectivity index (χ0) is 17.8. The molecule has 0 radical (unpaired) electrons. The number of aromatic nitrogens is 2. The van der Waals surface area contributed by atoms with Crippen molar-refractivity contribution in [1.82, 2.24) is 9.97 Å². The van der Waals surface area contributed by atoms with Crippen LogP contribution in [-0.4, -0.2) is 9.97 Å². The van der Waals surface area contributed by atoms with Crippen molar-refractivity contribution in [3.8, 4) is 11.3 Å². The third-order valence-corrected chi connectivity index (χ3v) is 4.14. The third kappa shape index (κ3) is 4.15. The highest BCUT2D eigenvalue weighted by molar-refractivity contribution is 5.65. The Balaban J connectivity index is 1.88. The van der Waals surface area contributed by atoms with E-state index in [-0.39, 0.29) is 6.04 Å². The Bertz CT molecular complexity index is 898. The van der Waals surface area contributed by atoms with Crippen LogP contribution < -0.4 is 0 Å². The Morgan fingerprint density at radius 2 is 1.60 bits per heavy atom. The van der Waals surface area contributed by atoms with Gasteiger partial charge in [0.2, 0.25) is 0 Å². The maximum Gasteiger partial charge on any atom is 0.177 e. The number of aryl methyl sites for hydroxylation is 3. The van der Waals surface area contributed by atoms with Gasteiger partial charge in [-0.1, -0.05) is 54.1 Å². The minimum Gasteiger partial charge on any atom is -0.233 e. The van der Waals surface area contributed by atoms with E-state index in [4.69, 9.17) is 0 Å². The molecule has 0 amide bonds. The highest BCUT2D eigenvalue weighted by Gasteiger charge is 2.07. The second kappa shape index (κ2) is 7.34. The summed E-state index contributed by atoms with van der Waals surface area (Å²) in [4.78, 5) is 8.94. The molecule has 1 atom stereocenters. The number of nitrogens with zero attached hydrogens (tertiary/aromatic N) is 4. The molecule has 0 fully saturated rings. The number of hydrogen-bond acceptors (Lipinski definition) is 4. The average Bonchev–Trinajstić information content (AvgIpc) is 2.60. The van der Waals surface area contributed by atoms with Crippen LogP contribution in [0, 0.1) is 20.8 Å². The SMILES string of the molecule is Cc1ccc(C(C)N=Nc2cc(-c3ccccc3C)nc(C)n2)cc1. The Morgan fingerprint density at radius 3 is 2.32 bits per heavy atom. The predicted octanol–water partition coefficient (Wildman–Crippen LogP) is 5.91. The van der Waals surface area contributed by atoms with Crippen LogP contribution in [-0.2, 0) is 0 Å². The van der Waals surface area contributed by atoms with Crippen LogP contribution in [0.2, 0.25) is 0 Å². The van der Waals surface area contributed by atoms with E-state index in [0.29, 0.717) is 11.6 Å². The fourth-order valence-corrected chi connectivity index (χ4v) is 2.66. The van der Waals surface area contributed by atoms with Gasteiger partial charge in [0.05, 0.1) is 11.7 Å². The van der Waals surface area contributed by atoms with Crippen molar-refractivity contribution >= 4 is 5.82 Å². The van der Waals surface area contributed by atoms with E-state index in [9.17, 15) is 0 Å². The topological polar surface area (TPSA) is 50.5 Å². The van der Waals surface area contributed by atoms with Crippen molar-refractivity contribution in [3.05, 3.63) is 77.1 Å². The van der Waals surface area contributed by atoms with Gasteiger partial charge in [0, 0.05) is 11.6 Å². The summed E-state index contributed by atoms with van der Waals surface area (Å²) >= 11 is 0. The van der Waals surface area contributed by atoms with Gasteiger partial charge >= 0.3 is 0 Å². The fourth-order valence-electron chi connectivity index (χ4n) is 2.66. The van der Waals surface area contributed by atoms with Gasteiger partial charge in [0.15, 0.2) is 5.82 Å². The van der Waals surface area contributed by atoms with Crippen molar-refractivity contribution in [1.29, 1.82) is 0 Å². The molecule has 4 nitrogen and oxygen atoms in total. The fraction of sp³-hybridized carbons (Fsp3) is 0.238. The van der Waals surface area contributed by atoms with Gasteiger partial charge in [-0.15, -0.1) is 5.11 Å². The van der Waals surface area contributed by atoms with Crippen molar-refractivity contribution in [2.24, 2.45) is 10.2 Å². The van der Waals surface area contributed by atoms with Crippen molar-refractivity contribution < 1.29 is 0 Å². The van der Waals surface area contributed by atoms with Crippen LogP contribution >= 0.6 is 0 Å². The highest BCUT2D eigenvalue weighted by Crippen LogP contribution is 2.25. The lowest BCUT2D eigenvalue weighted by atomic mass is 10.1. The second-order valence-corrected chi connectivity index (χ2v) is 6.28. The molecule has 0 aliphatic carbocycles. The molecule has 1 aromatic heterocycles. The van der Waals surface area contributed by atoms with Gasteiger partial charge in [-0.05, 0) is 38.8 Å². The van der Waals surface area contributed by atoms with Crippen molar-refractivity contribution in [2.45, 2.75) is 33.7 Å². The van der Waals surface area contributed by atoms with Gasteiger partial charge in [0.25, 0.3) is 0 Å². The Labute approximate surface area is 148 Å². The molecule has 0 saturated heterocycles. The summed E-state index contributed by atoms with van der Waals surface area (Å²) in [7, 11) is 0. The van der Waals surface area contributed by atoms with Gasteiger partial charge in [-0.2, -0.15) is 5.11 Å². The summed E-state index contributed by atoms with van der Waals surface area (Å²) in [5.74, 6) is 1.28. The van der Waals surface area contributed by atoms with Crippen LogP contribution in [0.4, 0.5) is 5.82 Å². The quantitative estimate of drug-likeness (QED) is 0.558. The van der Waals surface area contributed by atoms with Gasteiger partial charge in [-0.3, -0.25) is 0 Å². The van der Waals surface area contributed by atoms with E-state index in [1.54, 1.807) is 0 Å². The molecule has 0 aliphatic heterocycles. The number of hydrogen-bond donors (Lipinski definition) is 0. The van der Waals surface area contributed by atoms with E-state index in [0.717, 1.165) is 16.8 Å². The van der Waals surface area contributed by atoms with Crippen molar-refractivity contribution in [2.75, 3.05) is 0 Å². The van der Waals surface area contributed by atoms with Crippen LogP contribution in [0.25, 0.3) is 11.3 Å². The number of benzene rings is 2. The zero-order valence-electron chi connectivity index (χ0n) is 15.1.